The summed E-state index contributed by atoms with van der Waals surface area (Å²) >= 11 is 5.92. The summed E-state index contributed by atoms with van der Waals surface area (Å²) < 4.78 is 0. The van der Waals surface area contributed by atoms with Gasteiger partial charge in [0.15, 0.2) is 0 Å². The third-order valence-corrected chi connectivity index (χ3v) is 3.93. The molecular formula is C14H17ClN2. The molecule has 0 radical (unpaired) electrons. The quantitative estimate of drug-likeness (QED) is 0.822. The molecule has 0 spiro atoms. The van der Waals surface area contributed by atoms with Crippen LogP contribution >= 0.6 is 11.6 Å². The Hall–Kier alpha value is -0.990. The molecule has 1 aromatic carbocycles. The van der Waals surface area contributed by atoms with Gasteiger partial charge in [0.2, 0.25) is 0 Å². The van der Waals surface area contributed by atoms with Gasteiger partial charge in [-0.25, -0.2) is 0 Å². The van der Waals surface area contributed by atoms with Gasteiger partial charge < -0.3 is 10.2 Å². The van der Waals surface area contributed by atoms with E-state index >= 15 is 0 Å². The highest BCUT2D eigenvalue weighted by Gasteiger charge is 2.24. The number of nitrogens with one attached hydrogen (secondary N) is 1. The molecular weight excluding hydrogens is 232 g/mol. The summed E-state index contributed by atoms with van der Waals surface area (Å²) in [5.74, 6) is 0. The fraction of sp³-hybridized carbons (Fsp3) is 0.429. The van der Waals surface area contributed by atoms with E-state index in [9.17, 15) is 0 Å². The molecule has 2 nitrogen and oxygen atoms in total. The Bertz CT molecular complexity index is 424. The second kappa shape index (κ2) is 4.71. The molecule has 0 saturated carbocycles. The maximum atomic E-state index is 5.92. The number of hydrogen-bond acceptors (Lipinski definition) is 2. The van der Waals surface area contributed by atoms with Gasteiger partial charge in [0, 0.05) is 36.9 Å². The molecule has 0 aliphatic carbocycles. The van der Waals surface area contributed by atoms with Crippen molar-refractivity contribution >= 4 is 17.2 Å². The van der Waals surface area contributed by atoms with Crippen molar-refractivity contribution in [3.63, 3.8) is 0 Å². The van der Waals surface area contributed by atoms with Crippen LogP contribution in [0.2, 0.25) is 5.02 Å². The van der Waals surface area contributed by atoms with Crippen LogP contribution in [0.1, 0.15) is 18.4 Å². The SMILES string of the molecule is Clc1ccc(C2=CN3CCNCC3CC2)cc1. The molecule has 3 rings (SSSR count). The molecule has 0 bridgehead atoms. The first-order chi connectivity index (χ1) is 8.33. The zero-order valence-electron chi connectivity index (χ0n) is 9.82. The Balaban J connectivity index is 1.84. The molecule has 1 saturated heterocycles. The van der Waals surface area contributed by atoms with Gasteiger partial charge in [-0.05, 0) is 36.1 Å². The van der Waals surface area contributed by atoms with Gasteiger partial charge in [-0.15, -0.1) is 0 Å². The predicted molar refractivity (Wildman–Crippen MR) is 72.0 cm³/mol. The average molecular weight is 249 g/mol. The molecule has 2 heterocycles. The van der Waals surface area contributed by atoms with Gasteiger partial charge in [-0.1, -0.05) is 23.7 Å². The van der Waals surface area contributed by atoms with E-state index in [2.05, 4.69) is 28.5 Å². The third-order valence-electron chi connectivity index (χ3n) is 3.68. The number of nitrogens with zero attached hydrogens (tertiary/aromatic N) is 1. The number of piperazine rings is 1. The number of fused-ring (bicyclic) bond motifs is 1. The van der Waals surface area contributed by atoms with Gasteiger partial charge in [0.05, 0.1) is 0 Å². The molecule has 90 valence electrons. The van der Waals surface area contributed by atoms with Crippen LogP contribution in [0.5, 0.6) is 0 Å². The Morgan fingerprint density at radius 2 is 2.06 bits per heavy atom. The topological polar surface area (TPSA) is 15.3 Å². The molecule has 0 aromatic heterocycles. The van der Waals surface area contributed by atoms with Crippen molar-refractivity contribution in [2.45, 2.75) is 18.9 Å². The Labute approximate surface area is 107 Å². The van der Waals surface area contributed by atoms with Crippen LogP contribution in [0.3, 0.4) is 0 Å². The van der Waals surface area contributed by atoms with Gasteiger partial charge >= 0.3 is 0 Å². The number of hydrogen-bond donors (Lipinski definition) is 1. The lowest BCUT2D eigenvalue weighted by Gasteiger charge is -2.39. The molecule has 1 N–H and O–H groups in total. The molecule has 3 heteroatoms. The van der Waals surface area contributed by atoms with E-state index in [-0.39, 0.29) is 0 Å². The van der Waals surface area contributed by atoms with Gasteiger partial charge in [-0.2, -0.15) is 0 Å². The Morgan fingerprint density at radius 3 is 2.88 bits per heavy atom. The highest BCUT2D eigenvalue weighted by atomic mass is 35.5. The maximum absolute atomic E-state index is 5.92. The van der Waals surface area contributed by atoms with Crippen molar-refractivity contribution < 1.29 is 0 Å². The van der Waals surface area contributed by atoms with E-state index in [0.717, 1.165) is 24.7 Å². The highest BCUT2D eigenvalue weighted by molar-refractivity contribution is 6.30. The molecule has 17 heavy (non-hydrogen) atoms. The van der Waals surface area contributed by atoms with E-state index in [1.165, 1.54) is 24.0 Å². The van der Waals surface area contributed by atoms with Crippen molar-refractivity contribution in [1.82, 2.24) is 10.2 Å². The normalized spacial score (nSPS) is 24.2. The molecule has 2 aliphatic rings. The van der Waals surface area contributed by atoms with Crippen molar-refractivity contribution in [2.24, 2.45) is 0 Å². The lowest BCUT2D eigenvalue weighted by molar-refractivity contribution is 0.211. The standard InChI is InChI=1S/C14H17ClN2/c15-13-4-1-11(2-5-13)12-3-6-14-9-16-7-8-17(14)10-12/h1-2,4-5,10,14,16H,3,6-9H2. The van der Waals surface area contributed by atoms with Crippen molar-refractivity contribution in [1.29, 1.82) is 0 Å². The summed E-state index contributed by atoms with van der Waals surface area (Å²) in [6.45, 7) is 3.35. The highest BCUT2D eigenvalue weighted by Crippen LogP contribution is 2.29. The number of allylic oxidation sites excluding steroid dienone is 1. The van der Waals surface area contributed by atoms with Crippen LogP contribution in [-0.2, 0) is 0 Å². The minimum Gasteiger partial charge on any atom is -0.372 e. The van der Waals surface area contributed by atoms with Crippen LogP contribution in [-0.4, -0.2) is 30.6 Å². The van der Waals surface area contributed by atoms with E-state index < -0.39 is 0 Å². The van der Waals surface area contributed by atoms with Crippen molar-refractivity contribution in [3.05, 3.63) is 41.1 Å². The zero-order valence-corrected chi connectivity index (χ0v) is 10.6. The maximum Gasteiger partial charge on any atom is 0.0412 e. The minimum absolute atomic E-state index is 0.694. The predicted octanol–water partition coefficient (Wildman–Crippen LogP) is 2.75. The zero-order chi connectivity index (χ0) is 11.7. The number of halogens is 1. The van der Waals surface area contributed by atoms with E-state index in [1.807, 2.05) is 12.1 Å². The summed E-state index contributed by atoms with van der Waals surface area (Å²) in [6, 6.07) is 8.89. The van der Waals surface area contributed by atoms with Crippen molar-refractivity contribution in [3.8, 4) is 0 Å². The Kier molecular flexibility index (Phi) is 3.08. The largest absolute Gasteiger partial charge is 0.372 e. The second-order valence-electron chi connectivity index (χ2n) is 4.80. The second-order valence-corrected chi connectivity index (χ2v) is 5.23. The van der Waals surface area contributed by atoms with Crippen LogP contribution in [0, 0.1) is 0 Å². The van der Waals surface area contributed by atoms with Crippen LogP contribution in [0.4, 0.5) is 0 Å². The third kappa shape index (κ3) is 2.33. The van der Waals surface area contributed by atoms with Crippen LogP contribution in [0.15, 0.2) is 30.5 Å². The smallest absolute Gasteiger partial charge is 0.0412 e. The number of rotatable bonds is 1. The van der Waals surface area contributed by atoms with E-state index in [4.69, 9.17) is 11.6 Å². The summed E-state index contributed by atoms with van der Waals surface area (Å²) in [5.41, 5.74) is 2.76. The molecule has 1 atom stereocenters. The first-order valence-electron chi connectivity index (χ1n) is 6.26. The Morgan fingerprint density at radius 1 is 1.24 bits per heavy atom. The summed E-state index contributed by atoms with van der Waals surface area (Å²) in [5, 5.41) is 4.27. The molecule has 1 aromatic rings. The first-order valence-corrected chi connectivity index (χ1v) is 6.64. The molecule has 2 aliphatic heterocycles. The van der Waals surface area contributed by atoms with Gasteiger partial charge in [0.1, 0.15) is 0 Å². The molecule has 1 fully saturated rings. The fourth-order valence-corrected chi connectivity index (χ4v) is 2.81. The summed E-state index contributed by atoms with van der Waals surface area (Å²) in [4.78, 5) is 2.49. The van der Waals surface area contributed by atoms with Crippen molar-refractivity contribution in [2.75, 3.05) is 19.6 Å². The van der Waals surface area contributed by atoms with Crippen LogP contribution < -0.4 is 5.32 Å². The lowest BCUT2D eigenvalue weighted by Crippen LogP contribution is -2.49. The molecule has 0 amide bonds. The summed E-state index contributed by atoms with van der Waals surface area (Å²) in [6.07, 6.45) is 4.77. The summed E-state index contributed by atoms with van der Waals surface area (Å²) in [7, 11) is 0. The lowest BCUT2D eigenvalue weighted by atomic mass is 9.94. The number of benzene rings is 1. The van der Waals surface area contributed by atoms with Crippen LogP contribution in [0.25, 0.3) is 5.57 Å². The molecule has 1 unspecified atom stereocenters. The monoisotopic (exact) mass is 248 g/mol. The first kappa shape index (κ1) is 11.1. The minimum atomic E-state index is 0.694. The fourth-order valence-electron chi connectivity index (χ4n) is 2.68. The van der Waals surface area contributed by atoms with E-state index in [0.29, 0.717) is 6.04 Å². The van der Waals surface area contributed by atoms with Gasteiger partial charge in [0.25, 0.3) is 0 Å². The van der Waals surface area contributed by atoms with Gasteiger partial charge in [-0.3, -0.25) is 0 Å². The van der Waals surface area contributed by atoms with E-state index in [1.54, 1.807) is 0 Å². The average Bonchev–Trinajstić information content (AvgIpc) is 2.39.